The molecule has 2 amide bonds. The molecule has 0 unspecified atom stereocenters. The molecular weight excluding hydrogens is 578 g/mol. The Balaban J connectivity index is 1.21. The summed E-state index contributed by atoms with van der Waals surface area (Å²) < 4.78 is 6.26. The van der Waals surface area contributed by atoms with Gasteiger partial charge in [-0.3, -0.25) is 9.59 Å². The standard InChI is InChI=1S/C38H49N3O5/c1-38(24-31-25-39-33-14-9-8-13-32(31)33,40-37(45)46-35-29-20-27-19-28(22-29)23-30(35)21-27)36(44)41(17-10-3-2-7-15-34(42)43)18-16-26-11-5-4-6-12-26/h4-6,8-9,11-14,25,27-30,35,39H,2-3,7,10,15-24H2,1H3,(H,40,45)(H,42,43)/t27?,28?,29?,30?,35?,38-/m0/s1. The van der Waals surface area contributed by atoms with E-state index in [1.807, 2.05) is 60.5 Å². The van der Waals surface area contributed by atoms with Crippen molar-refractivity contribution in [2.45, 2.75) is 95.6 Å². The number of fused-ring (bicyclic) bond motifs is 1. The summed E-state index contributed by atoms with van der Waals surface area (Å²) in [4.78, 5) is 44.7. The van der Waals surface area contributed by atoms with Gasteiger partial charge in [-0.05, 0) is 99.2 Å². The van der Waals surface area contributed by atoms with E-state index >= 15 is 0 Å². The first-order valence-corrected chi connectivity index (χ1v) is 17.4. The third-order valence-electron chi connectivity index (χ3n) is 10.8. The highest BCUT2D eigenvalue weighted by molar-refractivity contribution is 5.91. The lowest BCUT2D eigenvalue weighted by Gasteiger charge is -2.53. The molecule has 246 valence electrons. The topological polar surface area (TPSA) is 112 Å². The Morgan fingerprint density at radius 3 is 2.28 bits per heavy atom. The molecule has 2 aromatic carbocycles. The largest absolute Gasteiger partial charge is 0.481 e. The van der Waals surface area contributed by atoms with Crippen molar-refractivity contribution in [2.24, 2.45) is 23.7 Å². The van der Waals surface area contributed by atoms with Gasteiger partial charge >= 0.3 is 12.1 Å². The third kappa shape index (κ3) is 7.59. The van der Waals surface area contributed by atoms with E-state index in [4.69, 9.17) is 9.84 Å². The Hall–Kier alpha value is -3.81. The molecule has 3 N–H and O–H groups in total. The average Bonchev–Trinajstić information content (AvgIpc) is 3.44. The van der Waals surface area contributed by atoms with Gasteiger partial charge in [-0.15, -0.1) is 0 Å². The summed E-state index contributed by atoms with van der Waals surface area (Å²) in [6, 6.07) is 18.2. The van der Waals surface area contributed by atoms with Crippen LogP contribution in [0.3, 0.4) is 0 Å². The molecule has 0 aliphatic heterocycles. The number of carbonyl (C=O) groups excluding carboxylic acids is 2. The number of hydrogen-bond acceptors (Lipinski definition) is 4. The Kier molecular flexibility index (Phi) is 10.00. The van der Waals surface area contributed by atoms with Crippen LogP contribution in [0.25, 0.3) is 10.9 Å². The van der Waals surface area contributed by atoms with Gasteiger partial charge in [0, 0.05) is 43.0 Å². The van der Waals surface area contributed by atoms with E-state index < -0.39 is 17.6 Å². The highest BCUT2D eigenvalue weighted by atomic mass is 16.6. The monoisotopic (exact) mass is 627 g/mol. The molecule has 7 rings (SSSR count). The number of para-hydroxylation sites is 1. The zero-order valence-electron chi connectivity index (χ0n) is 27.1. The number of benzene rings is 2. The molecule has 0 radical (unpaired) electrons. The minimum atomic E-state index is -1.23. The lowest BCUT2D eigenvalue weighted by molar-refractivity contribution is -0.138. The minimum absolute atomic E-state index is 0.0692. The van der Waals surface area contributed by atoms with E-state index in [1.165, 1.54) is 6.42 Å². The first-order chi connectivity index (χ1) is 22.3. The summed E-state index contributed by atoms with van der Waals surface area (Å²) in [5.41, 5.74) is 1.88. The molecule has 4 saturated carbocycles. The van der Waals surface area contributed by atoms with Crippen molar-refractivity contribution in [3.8, 4) is 0 Å². The van der Waals surface area contributed by atoms with E-state index in [9.17, 15) is 14.4 Å². The summed E-state index contributed by atoms with van der Waals surface area (Å²) in [5, 5.41) is 13.2. The van der Waals surface area contributed by atoms with Crippen molar-refractivity contribution in [2.75, 3.05) is 13.1 Å². The van der Waals surface area contributed by atoms with Gasteiger partial charge in [0.2, 0.25) is 5.91 Å². The van der Waals surface area contributed by atoms with Crippen molar-refractivity contribution in [3.63, 3.8) is 0 Å². The van der Waals surface area contributed by atoms with Crippen LogP contribution in [0.1, 0.15) is 82.3 Å². The van der Waals surface area contributed by atoms with Crippen LogP contribution in [0.2, 0.25) is 0 Å². The summed E-state index contributed by atoms with van der Waals surface area (Å²) >= 11 is 0. The van der Waals surface area contributed by atoms with Crippen LogP contribution in [-0.2, 0) is 27.2 Å². The van der Waals surface area contributed by atoms with E-state index in [-0.39, 0.29) is 18.4 Å². The smallest absolute Gasteiger partial charge is 0.408 e. The first kappa shape index (κ1) is 32.1. The predicted molar refractivity (Wildman–Crippen MR) is 178 cm³/mol. The van der Waals surface area contributed by atoms with Gasteiger partial charge in [0.15, 0.2) is 0 Å². The first-order valence-electron chi connectivity index (χ1n) is 17.4. The normalized spacial score (nSPS) is 24.4. The summed E-state index contributed by atoms with van der Waals surface area (Å²) in [5.74, 6) is 1.52. The van der Waals surface area contributed by atoms with Crippen molar-refractivity contribution < 1.29 is 24.2 Å². The zero-order chi connectivity index (χ0) is 32.1. The van der Waals surface area contributed by atoms with Crippen LogP contribution >= 0.6 is 0 Å². The Bertz CT molecular complexity index is 1470. The number of carbonyl (C=O) groups is 3. The number of unbranched alkanes of at least 4 members (excludes halogenated alkanes) is 3. The number of nitrogens with one attached hydrogen (secondary N) is 2. The molecule has 8 heteroatoms. The van der Waals surface area contributed by atoms with Crippen LogP contribution in [0, 0.1) is 23.7 Å². The molecule has 1 atom stereocenters. The second-order valence-corrected chi connectivity index (χ2v) is 14.4. The van der Waals surface area contributed by atoms with Gasteiger partial charge in [-0.25, -0.2) is 4.79 Å². The van der Waals surface area contributed by atoms with Gasteiger partial charge in [0.25, 0.3) is 0 Å². The maximum Gasteiger partial charge on any atom is 0.408 e. The Morgan fingerprint density at radius 1 is 0.891 bits per heavy atom. The number of ether oxygens (including phenoxy) is 1. The fourth-order valence-electron chi connectivity index (χ4n) is 8.78. The van der Waals surface area contributed by atoms with E-state index in [0.29, 0.717) is 44.2 Å². The molecule has 4 bridgehead atoms. The highest BCUT2D eigenvalue weighted by Crippen LogP contribution is 2.54. The number of hydrogen-bond donors (Lipinski definition) is 3. The molecule has 1 aromatic heterocycles. The van der Waals surface area contributed by atoms with Crippen molar-refractivity contribution in [1.82, 2.24) is 15.2 Å². The number of H-pyrrole nitrogens is 1. The number of carboxylic acid groups (broad SMARTS) is 1. The number of alkyl carbamates (subject to hydrolysis) is 1. The van der Waals surface area contributed by atoms with E-state index in [0.717, 1.165) is 78.8 Å². The zero-order valence-corrected chi connectivity index (χ0v) is 27.1. The lowest BCUT2D eigenvalue weighted by atomic mass is 9.55. The fourth-order valence-corrected chi connectivity index (χ4v) is 8.78. The Labute approximate surface area is 272 Å². The molecule has 4 aliphatic carbocycles. The highest BCUT2D eigenvalue weighted by Gasteiger charge is 2.50. The molecule has 1 heterocycles. The Morgan fingerprint density at radius 2 is 1.57 bits per heavy atom. The maximum atomic E-state index is 14.7. The van der Waals surface area contributed by atoms with Gasteiger partial charge in [0.1, 0.15) is 11.6 Å². The number of aliphatic carboxylic acids is 1. The molecule has 46 heavy (non-hydrogen) atoms. The number of carboxylic acids is 1. The van der Waals surface area contributed by atoms with Crippen LogP contribution < -0.4 is 5.32 Å². The molecule has 3 aromatic rings. The van der Waals surface area contributed by atoms with Gasteiger partial charge in [-0.1, -0.05) is 61.4 Å². The van der Waals surface area contributed by atoms with Crippen LogP contribution in [-0.4, -0.2) is 57.7 Å². The van der Waals surface area contributed by atoms with Crippen LogP contribution in [0.4, 0.5) is 4.79 Å². The number of amides is 2. The van der Waals surface area contributed by atoms with Crippen molar-refractivity contribution >= 4 is 28.9 Å². The molecule has 8 nitrogen and oxygen atoms in total. The summed E-state index contributed by atoms with van der Waals surface area (Å²) in [6.07, 6.45) is 11.5. The molecular formula is C38H49N3O5. The number of rotatable bonds is 15. The molecule has 4 aliphatic rings. The second-order valence-electron chi connectivity index (χ2n) is 14.4. The SMILES string of the molecule is C[C@@](Cc1c[nH]c2ccccc12)(NC(=O)OC1C2CC3CC(C2)CC1C3)C(=O)N(CCCCCCC(=O)O)CCc1ccccc1. The quantitative estimate of drug-likeness (QED) is 0.155. The second kappa shape index (κ2) is 14.3. The van der Waals surface area contributed by atoms with Crippen LogP contribution in [0.5, 0.6) is 0 Å². The minimum Gasteiger partial charge on any atom is -0.481 e. The number of aromatic nitrogens is 1. The fraction of sp³-hybridized carbons (Fsp3) is 0.553. The number of nitrogens with zero attached hydrogens (tertiary/aromatic N) is 1. The summed E-state index contributed by atoms with van der Waals surface area (Å²) in [6.45, 7) is 2.90. The van der Waals surface area contributed by atoms with E-state index in [2.05, 4.69) is 22.4 Å². The van der Waals surface area contributed by atoms with Crippen molar-refractivity contribution in [1.29, 1.82) is 0 Å². The maximum absolute atomic E-state index is 14.7. The van der Waals surface area contributed by atoms with E-state index in [1.54, 1.807) is 0 Å². The third-order valence-corrected chi connectivity index (χ3v) is 10.8. The summed E-state index contributed by atoms with van der Waals surface area (Å²) in [7, 11) is 0. The van der Waals surface area contributed by atoms with Crippen molar-refractivity contribution in [3.05, 3.63) is 71.9 Å². The average molecular weight is 628 g/mol. The lowest BCUT2D eigenvalue weighted by Crippen LogP contribution is -2.60. The number of aromatic amines is 1. The van der Waals surface area contributed by atoms with Gasteiger partial charge in [-0.2, -0.15) is 0 Å². The molecule has 0 spiro atoms. The molecule has 4 fully saturated rings. The van der Waals surface area contributed by atoms with Crippen LogP contribution in [0.15, 0.2) is 60.8 Å². The molecule has 0 saturated heterocycles. The van der Waals surface area contributed by atoms with Gasteiger partial charge < -0.3 is 25.0 Å². The predicted octanol–water partition coefficient (Wildman–Crippen LogP) is 7.13. The van der Waals surface area contributed by atoms with Gasteiger partial charge in [0.05, 0.1) is 0 Å².